The summed E-state index contributed by atoms with van der Waals surface area (Å²) in [6.45, 7) is 8.68. The van der Waals surface area contributed by atoms with Crippen molar-refractivity contribution in [2.24, 2.45) is 4.99 Å². The highest BCUT2D eigenvalue weighted by Gasteiger charge is 2.21. The van der Waals surface area contributed by atoms with Crippen LogP contribution in [0.2, 0.25) is 0 Å². The van der Waals surface area contributed by atoms with E-state index >= 15 is 0 Å². The third-order valence-corrected chi connectivity index (χ3v) is 4.84. The number of hydrogen-bond acceptors (Lipinski definition) is 4. The molecule has 0 bridgehead atoms. The van der Waals surface area contributed by atoms with E-state index in [-0.39, 0.29) is 5.91 Å². The number of rotatable bonds is 9. The molecule has 1 fully saturated rings. The monoisotopic (exact) mass is 389 g/mol. The number of guanidine groups is 1. The Morgan fingerprint density at radius 3 is 2.71 bits per heavy atom. The van der Waals surface area contributed by atoms with E-state index in [2.05, 4.69) is 45.8 Å². The molecule has 0 spiro atoms. The van der Waals surface area contributed by atoms with Gasteiger partial charge in [0.15, 0.2) is 5.96 Å². The maximum atomic E-state index is 11.5. The highest BCUT2D eigenvalue weighted by molar-refractivity contribution is 5.80. The number of carbonyl (C=O) groups is 1. The van der Waals surface area contributed by atoms with Crippen LogP contribution in [0.4, 0.5) is 0 Å². The van der Waals surface area contributed by atoms with Gasteiger partial charge in [0.2, 0.25) is 5.91 Å². The molecule has 1 aromatic rings. The second kappa shape index (κ2) is 12.2. The minimum Gasteiger partial charge on any atom is -0.493 e. The van der Waals surface area contributed by atoms with Crippen LogP contribution in [-0.2, 0) is 4.79 Å². The Hall–Kier alpha value is -2.28. The number of likely N-dealkylation sites (tertiary alicyclic amines) is 1. The van der Waals surface area contributed by atoms with Crippen LogP contribution in [0.5, 0.6) is 5.75 Å². The highest BCUT2D eigenvalue weighted by Crippen LogP contribution is 2.16. The van der Waals surface area contributed by atoms with Crippen LogP contribution in [-0.4, -0.2) is 69.2 Å². The summed E-state index contributed by atoms with van der Waals surface area (Å²) in [4.78, 5) is 18.4. The fraction of sp³-hybridized carbons (Fsp3) is 0.619. The zero-order valence-corrected chi connectivity index (χ0v) is 17.5. The van der Waals surface area contributed by atoms with Crippen molar-refractivity contribution in [3.8, 4) is 5.75 Å². The molecule has 1 amide bonds. The van der Waals surface area contributed by atoms with Gasteiger partial charge in [0, 0.05) is 45.7 Å². The number of aliphatic imine (C=N–C) groups is 1. The van der Waals surface area contributed by atoms with Gasteiger partial charge in [0.05, 0.1) is 13.2 Å². The van der Waals surface area contributed by atoms with E-state index in [9.17, 15) is 4.79 Å². The first-order chi connectivity index (χ1) is 13.6. The van der Waals surface area contributed by atoms with Gasteiger partial charge in [-0.2, -0.15) is 0 Å². The van der Waals surface area contributed by atoms with Crippen LogP contribution in [0.1, 0.15) is 31.7 Å². The number of likely N-dealkylation sites (N-methyl/N-ethyl adjacent to an activating group) is 1. The summed E-state index contributed by atoms with van der Waals surface area (Å²) in [6, 6.07) is 8.46. The molecule has 2 rings (SSSR count). The van der Waals surface area contributed by atoms with Crippen LogP contribution in [0.15, 0.2) is 29.3 Å². The van der Waals surface area contributed by atoms with E-state index in [0.717, 1.165) is 62.7 Å². The summed E-state index contributed by atoms with van der Waals surface area (Å²) >= 11 is 0. The summed E-state index contributed by atoms with van der Waals surface area (Å²) in [7, 11) is 1.68. The fourth-order valence-electron chi connectivity index (χ4n) is 3.19. The SMILES string of the molecule is CCNC(=NCCCOc1ccccc1C)NC1CCN(CC(=O)NC)CC1. The summed E-state index contributed by atoms with van der Waals surface area (Å²) in [5, 5.41) is 9.54. The highest BCUT2D eigenvalue weighted by atomic mass is 16.5. The minimum atomic E-state index is 0.0780. The van der Waals surface area contributed by atoms with Gasteiger partial charge in [0.25, 0.3) is 0 Å². The number of para-hydroxylation sites is 1. The third kappa shape index (κ3) is 7.76. The Morgan fingerprint density at radius 2 is 2.04 bits per heavy atom. The molecule has 1 aliphatic rings. The van der Waals surface area contributed by atoms with Crippen LogP contribution >= 0.6 is 0 Å². The maximum absolute atomic E-state index is 11.5. The van der Waals surface area contributed by atoms with Crippen LogP contribution in [0, 0.1) is 6.92 Å². The van der Waals surface area contributed by atoms with Crippen molar-refractivity contribution in [3.05, 3.63) is 29.8 Å². The lowest BCUT2D eigenvalue weighted by atomic mass is 10.1. The van der Waals surface area contributed by atoms with E-state index in [1.165, 1.54) is 0 Å². The molecular weight excluding hydrogens is 354 g/mol. The molecule has 7 nitrogen and oxygen atoms in total. The van der Waals surface area contributed by atoms with Crippen LogP contribution < -0.4 is 20.7 Å². The first-order valence-corrected chi connectivity index (χ1v) is 10.3. The van der Waals surface area contributed by atoms with E-state index < -0.39 is 0 Å². The zero-order valence-electron chi connectivity index (χ0n) is 17.5. The van der Waals surface area contributed by atoms with Crippen molar-refractivity contribution < 1.29 is 9.53 Å². The van der Waals surface area contributed by atoms with E-state index in [4.69, 9.17) is 4.74 Å². The van der Waals surface area contributed by atoms with Crippen molar-refractivity contribution in [2.45, 2.75) is 39.2 Å². The lowest BCUT2D eigenvalue weighted by molar-refractivity contribution is -0.122. The lowest BCUT2D eigenvalue weighted by Gasteiger charge is -2.32. The summed E-state index contributed by atoms with van der Waals surface area (Å²) < 4.78 is 5.83. The van der Waals surface area contributed by atoms with Gasteiger partial charge < -0.3 is 20.7 Å². The predicted molar refractivity (Wildman–Crippen MR) is 114 cm³/mol. The number of aryl methyl sites for hydroxylation is 1. The predicted octanol–water partition coefficient (Wildman–Crippen LogP) is 1.53. The quantitative estimate of drug-likeness (QED) is 0.339. The first-order valence-electron chi connectivity index (χ1n) is 10.3. The second-order valence-corrected chi connectivity index (χ2v) is 7.10. The van der Waals surface area contributed by atoms with Crippen molar-refractivity contribution in [2.75, 3.05) is 46.4 Å². The van der Waals surface area contributed by atoms with Crippen molar-refractivity contribution >= 4 is 11.9 Å². The zero-order chi connectivity index (χ0) is 20.2. The Bertz CT molecular complexity index is 627. The van der Waals surface area contributed by atoms with Gasteiger partial charge in [-0.3, -0.25) is 14.7 Å². The number of carbonyl (C=O) groups excluding carboxylic acids is 1. The van der Waals surface area contributed by atoms with Gasteiger partial charge in [0.1, 0.15) is 5.75 Å². The number of amides is 1. The van der Waals surface area contributed by atoms with Crippen LogP contribution in [0.3, 0.4) is 0 Å². The molecule has 0 unspecified atom stereocenters. The van der Waals surface area contributed by atoms with Crippen molar-refractivity contribution in [1.82, 2.24) is 20.9 Å². The molecule has 0 radical (unpaired) electrons. The molecular formula is C21H35N5O2. The number of piperidine rings is 1. The van der Waals surface area contributed by atoms with Gasteiger partial charge >= 0.3 is 0 Å². The number of nitrogens with one attached hydrogen (secondary N) is 3. The van der Waals surface area contributed by atoms with Gasteiger partial charge in [-0.05, 0) is 38.3 Å². The smallest absolute Gasteiger partial charge is 0.233 e. The molecule has 28 heavy (non-hydrogen) atoms. The second-order valence-electron chi connectivity index (χ2n) is 7.10. The minimum absolute atomic E-state index is 0.0780. The summed E-state index contributed by atoms with van der Waals surface area (Å²) in [6.07, 6.45) is 2.89. The largest absolute Gasteiger partial charge is 0.493 e. The molecule has 0 saturated carbocycles. The standard InChI is InChI=1S/C21H35N5O2/c1-4-23-21(24-12-7-15-28-19-9-6-5-8-17(19)2)25-18-10-13-26(14-11-18)16-20(27)22-3/h5-6,8-9,18H,4,7,10-16H2,1-3H3,(H,22,27)(H2,23,24,25). The normalized spacial score (nSPS) is 15.9. The molecule has 7 heteroatoms. The Labute approximate surface area is 168 Å². The number of nitrogens with zero attached hydrogens (tertiary/aromatic N) is 2. The molecule has 0 atom stereocenters. The number of ether oxygens (including phenoxy) is 1. The molecule has 1 saturated heterocycles. The van der Waals surface area contributed by atoms with E-state index in [0.29, 0.717) is 19.2 Å². The summed E-state index contributed by atoms with van der Waals surface area (Å²) in [5.74, 6) is 1.89. The molecule has 156 valence electrons. The van der Waals surface area contributed by atoms with Gasteiger partial charge in [-0.25, -0.2) is 0 Å². The summed E-state index contributed by atoms with van der Waals surface area (Å²) in [5.41, 5.74) is 1.16. The Morgan fingerprint density at radius 1 is 1.29 bits per heavy atom. The molecule has 0 aromatic heterocycles. The first kappa shape index (κ1) is 22.0. The van der Waals surface area contributed by atoms with E-state index in [1.54, 1.807) is 7.05 Å². The van der Waals surface area contributed by atoms with Crippen molar-refractivity contribution in [3.63, 3.8) is 0 Å². The topological polar surface area (TPSA) is 78.0 Å². The maximum Gasteiger partial charge on any atom is 0.233 e. The van der Waals surface area contributed by atoms with E-state index in [1.807, 2.05) is 18.2 Å². The van der Waals surface area contributed by atoms with Gasteiger partial charge in [-0.1, -0.05) is 18.2 Å². The lowest BCUT2D eigenvalue weighted by Crippen LogP contribution is -2.50. The number of benzene rings is 1. The van der Waals surface area contributed by atoms with Crippen LogP contribution in [0.25, 0.3) is 0 Å². The molecule has 0 aliphatic carbocycles. The Kier molecular flexibility index (Phi) is 9.62. The molecule has 1 heterocycles. The Balaban J connectivity index is 1.70. The molecule has 1 aromatic carbocycles. The van der Waals surface area contributed by atoms with Gasteiger partial charge in [-0.15, -0.1) is 0 Å². The average Bonchev–Trinajstić information content (AvgIpc) is 2.70. The average molecular weight is 390 g/mol. The molecule has 3 N–H and O–H groups in total. The molecule has 1 aliphatic heterocycles. The number of hydrogen-bond donors (Lipinski definition) is 3. The third-order valence-electron chi connectivity index (χ3n) is 4.84. The van der Waals surface area contributed by atoms with Crippen molar-refractivity contribution in [1.29, 1.82) is 0 Å². The fourth-order valence-corrected chi connectivity index (χ4v) is 3.19.